The van der Waals surface area contributed by atoms with Gasteiger partial charge in [-0.1, -0.05) is 56.2 Å². The lowest BCUT2D eigenvalue weighted by Gasteiger charge is -2.16. The summed E-state index contributed by atoms with van der Waals surface area (Å²) in [5.41, 5.74) is 1.53. The van der Waals surface area contributed by atoms with Gasteiger partial charge in [-0.25, -0.2) is 8.78 Å². The highest BCUT2D eigenvalue weighted by Crippen LogP contribution is 2.36. The highest BCUT2D eigenvalue weighted by Gasteiger charge is 2.28. The molecule has 0 bridgehead atoms. The fraction of sp³-hybridized carbons (Fsp3) is 0.286. The molecule has 24 heavy (non-hydrogen) atoms. The monoisotopic (exact) mass is 326 g/mol. The fourth-order valence-electron chi connectivity index (χ4n) is 2.30. The van der Waals surface area contributed by atoms with Crippen molar-refractivity contribution in [3.63, 3.8) is 0 Å². The molecular formula is C21H20F2O. The summed E-state index contributed by atoms with van der Waals surface area (Å²) in [5.74, 6) is 1.96. The molecule has 1 unspecified atom stereocenters. The Morgan fingerprint density at radius 2 is 1.83 bits per heavy atom. The minimum absolute atomic E-state index is 0.0866. The molecule has 3 heteroatoms. The first-order chi connectivity index (χ1) is 11.3. The van der Waals surface area contributed by atoms with Gasteiger partial charge < -0.3 is 0 Å². The molecule has 0 heterocycles. The summed E-state index contributed by atoms with van der Waals surface area (Å²) in [6, 6.07) is 13.7. The topological polar surface area (TPSA) is 17.1 Å². The molecule has 0 fully saturated rings. The number of carbonyl (C=O) groups excluding carboxylic acids is 1. The number of hydrogen-bond donors (Lipinski definition) is 0. The first kappa shape index (κ1) is 17.9. The molecule has 0 N–H and O–H groups in total. The summed E-state index contributed by atoms with van der Waals surface area (Å²) in [6.07, 6.45) is 0.707. The summed E-state index contributed by atoms with van der Waals surface area (Å²) in [4.78, 5) is 11.8. The van der Waals surface area contributed by atoms with Crippen LogP contribution in [0.1, 0.15) is 38.3 Å². The maximum Gasteiger partial charge on any atom is 0.271 e. The second kappa shape index (κ2) is 7.40. The predicted octanol–water partition coefficient (Wildman–Crippen LogP) is 5.43. The van der Waals surface area contributed by atoms with Crippen LogP contribution in [0.2, 0.25) is 0 Å². The summed E-state index contributed by atoms with van der Waals surface area (Å²) in [7, 11) is 0. The number of rotatable bonds is 4. The van der Waals surface area contributed by atoms with Crippen LogP contribution in [0.25, 0.3) is 11.1 Å². The molecule has 0 saturated carbocycles. The van der Waals surface area contributed by atoms with Gasteiger partial charge >= 0.3 is 0 Å². The van der Waals surface area contributed by atoms with Crippen LogP contribution in [0.4, 0.5) is 8.78 Å². The zero-order valence-electron chi connectivity index (χ0n) is 14.1. The molecule has 1 nitrogen and oxygen atoms in total. The second-order valence-electron chi connectivity index (χ2n) is 5.94. The molecule has 0 aliphatic carbocycles. The van der Waals surface area contributed by atoms with Gasteiger partial charge in [-0.3, -0.25) is 4.79 Å². The van der Waals surface area contributed by atoms with Gasteiger partial charge in [0.25, 0.3) is 5.92 Å². The summed E-state index contributed by atoms with van der Waals surface area (Å²) in [5, 5.41) is 0. The normalized spacial score (nSPS) is 12.2. The summed E-state index contributed by atoms with van der Waals surface area (Å²) in [6.45, 7) is 4.59. The molecule has 0 aromatic heterocycles. The van der Waals surface area contributed by atoms with Crippen LogP contribution >= 0.6 is 0 Å². The number of hydrogen-bond acceptors (Lipinski definition) is 1. The Morgan fingerprint density at radius 1 is 1.17 bits per heavy atom. The standard InChI is InChI=1S/C21H20F2O/c1-4-15(2)20(24)13-11-16-10-12-18(17-8-6-5-7-9-17)19(14-16)21(3,22)23/h5-10,12,14-15H,4H2,1-3H3. The predicted molar refractivity (Wildman–Crippen MR) is 92.8 cm³/mol. The number of alkyl halides is 2. The Hall–Kier alpha value is -2.47. The van der Waals surface area contributed by atoms with Crippen molar-refractivity contribution in [3.8, 4) is 23.0 Å². The molecule has 2 rings (SSSR count). The molecule has 1 atom stereocenters. The largest absolute Gasteiger partial charge is 0.285 e. The van der Waals surface area contributed by atoms with Gasteiger partial charge in [-0.05, 0) is 35.6 Å². The van der Waals surface area contributed by atoms with Crippen molar-refractivity contribution in [1.82, 2.24) is 0 Å². The minimum atomic E-state index is -3.00. The van der Waals surface area contributed by atoms with E-state index in [4.69, 9.17) is 0 Å². The van der Waals surface area contributed by atoms with Crippen molar-refractivity contribution >= 4 is 5.78 Å². The summed E-state index contributed by atoms with van der Waals surface area (Å²) < 4.78 is 28.1. The molecule has 0 spiro atoms. The second-order valence-corrected chi connectivity index (χ2v) is 5.94. The fourth-order valence-corrected chi connectivity index (χ4v) is 2.30. The molecule has 0 aliphatic rings. The minimum Gasteiger partial charge on any atom is -0.285 e. The Balaban J connectivity index is 2.45. The van der Waals surface area contributed by atoms with Crippen LogP contribution in [-0.4, -0.2) is 5.78 Å². The van der Waals surface area contributed by atoms with Gasteiger partial charge in [0.1, 0.15) is 0 Å². The highest BCUT2D eigenvalue weighted by molar-refractivity contribution is 5.97. The van der Waals surface area contributed by atoms with E-state index in [2.05, 4.69) is 11.8 Å². The average molecular weight is 326 g/mol. The Labute approximate surface area is 141 Å². The van der Waals surface area contributed by atoms with E-state index in [1.54, 1.807) is 31.2 Å². The van der Waals surface area contributed by atoms with E-state index in [1.165, 1.54) is 6.07 Å². The van der Waals surface area contributed by atoms with Crippen LogP contribution in [0.15, 0.2) is 48.5 Å². The van der Waals surface area contributed by atoms with Gasteiger partial charge in [0.15, 0.2) is 0 Å². The lowest BCUT2D eigenvalue weighted by Crippen LogP contribution is -2.09. The molecular weight excluding hydrogens is 306 g/mol. The number of ketones is 1. The lowest BCUT2D eigenvalue weighted by molar-refractivity contribution is -0.116. The maximum atomic E-state index is 14.0. The van der Waals surface area contributed by atoms with E-state index in [-0.39, 0.29) is 17.3 Å². The van der Waals surface area contributed by atoms with Crippen LogP contribution in [-0.2, 0) is 10.7 Å². The molecule has 0 radical (unpaired) electrons. The molecule has 0 amide bonds. The quantitative estimate of drug-likeness (QED) is 0.685. The number of Topliss-reactive ketones (excluding diaryl/α,β-unsaturated/α-hetero) is 1. The number of benzene rings is 2. The SMILES string of the molecule is CCC(C)C(=O)C#Cc1ccc(-c2ccccc2)c(C(C)(F)F)c1. The molecule has 124 valence electrons. The van der Waals surface area contributed by atoms with E-state index in [0.29, 0.717) is 17.5 Å². The zero-order valence-corrected chi connectivity index (χ0v) is 14.1. The summed E-state index contributed by atoms with van der Waals surface area (Å²) >= 11 is 0. The smallest absolute Gasteiger partial charge is 0.271 e. The Bertz CT molecular complexity index is 777. The Morgan fingerprint density at radius 3 is 2.42 bits per heavy atom. The molecule has 2 aromatic carbocycles. The van der Waals surface area contributed by atoms with Crippen molar-refractivity contribution in [2.45, 2.75) is 33.1 Å². The number of halogens is 2. The average Bonchev–Trinajstić information content (AvgIpc) is 2.58. The van der Waals surface area contributed by atoms with Crippen LogP contribution < -0.4 is 0 Å². The van der Waals surface area contributed by atoms with E-state index in [1.807, 2.05) is 25.1 Å². The van der Waals surface area contributed by atoms with Gasteiger partial charge in [-0.2, -0.15) is 0 Å². The van der Waals surface area contributed by atoms with E-state index >= 15 is 0 Å². The molecule has 0 saturated heterocycles. The van der Waals surface area contributed by atoms with E-state index in [0.717, 1.165) is 12.5 Å². The molecule has 2 aromatic rings. The first-order valence-electron chi connectivity index (χ1n) is 7.96. The zero-order chi connectivity index (χ0) is 17.7. The third-order valence-electron chi connectivity index (χ3n) is 3.97. The van der Waals surface area contributed by atoms with Crippen molar-refractivity contribution in [2.75, 3.05) is 0 Å². The third kappa shape index (κ3) is 4.29. The van der Waals surface area contributed by atoms with Crippen molar-refractivity contribution in [3.05, 3.63) is 59.7 Å². The maximum absolute atomic E-state index is 14.0. The van der Waals surface area contributed by atoms with E-state index < -0.39 is 5.92 Å². The van der Waals surface area contributed by atoms with Crippen molar-refractivity contribution < 1.29 is 13.6 Å². The van der Waals surface area contributed by atoms with Gasteiger partial charge in [0.05, 0.1) is 0 Å². The lowest BCUT2D eigenvalue weighted by atomic mass is 9.94. The molecule has 0 aliphatic heterocycles. The van der Waals surface area contributed by atoms with E-state index in [9.17, 15) is 13.6 Å². The Kier molecular flexibility index (Phi) is 5.51. The van der Waals surface area contributed by atoms with Gasteiger partial charge in [0, 0.05) is 24.0 Å². The van der Waals surface area contributed by atoms with Crippen molar-refractivity contribution in [1.29, 1.82) is 0 Å². The third-order valence-corrected chi connectivity index (χ3v) is 3.97. The van der Waals surface area contributed by atoms with Crippen LogP contribution in [0.5, 0.6) is 0 Å². The van der Waals surface area contributed by atoms with Crippen LogP contribution in [0.3, 0.4) is 0 Å². The van der Waals surface area contributed by atoms with Gasteiger partial charge in [-0.15, -0.1) is 0 Å². The highest BCUT2D eigenvalue weighted by atomic mass is 19.3. The van der Waals surface area contributed by atoms with Crippen molar-refractivity contribution in [2.24, 2.45) is 5.92 Å². The van der Waals surface area contributed by atoms with Gasteiger partial charge in [0.2, 0.25) is 5.78 Å². The van der Waals surface area contributed by atoms with Crippen LogP contribution in [0, 0.1) is 17.8 Å². The first-order valence-corrected chi connectivity index (χ1v) is 7.96. The number of carbonyl (C=O) groups is 1.